The summed E-state index contributed by atoms with van der Waals surface area (Å²) in [5.74, 6) is -1.09. The summed E-state index contributed by atoms with van der Waals surface area (Å²) in [5.41, 5.74) is 0. The molecule has 0 radical (unpaired) electrons. The number of rotatable bonds is 10. The van der Waals surface area contributed by atoms with Crippen molar-refractivity contribution in [3.8, 4) is 0 Å². The number of carboxylic acid groups (broad SMARTS) is 1. The first-order valence-electron chi connectivity index (χ1n) is 6.27. The Balaban J connectivity index is 2.39. The molecule has 0 saturated carbocycles. The zero-order chi connectivity index (χ0) is 15.9. The third kappa shape index (κ3) is 6.67. The van der Waals surface area contributed by atoms with E-state index in [4.69, 9.17) is 9.84 Å². The molecule has 21 heavy (non-hydrogen) atoms. The number of aliphatic carboxylic acids is 1. The zero-order valence-electron chi connectivity index (χ0n) is 12.0. The molecule has 0 fully saturated rings. The van der Waals surface area contributed by atoms with Crippen molar-refractivity contribution in [1.29, 1.82) is 0 Å². The van der Waals surface area contributed by atoms with E-state index in [1.54, 1.807) is 0 Å². The van der Waals surface area contributed by atoms with Crippen molar-refractivity contribution in [1.82, 2.24) is 19.4 Å². The fraction of sp³-hybridized carbons (Fsp3) is 0.636. The summed E-state index contributed by atoms with van der Waals surface area (Å²) < 4.78 is 32.5. The van der Waals surface area contributed by atoms with Crippen LogP contribution in [-0.4, -0.2) is 74.6 Å². The molecule has 10 heteroatoms. The van der Waals surface area contributed by atoms with Crippen LogP contribution in [0.15, 0.2) is 17.3 Å². The van der Waals surface area contributed by atoms with Crippen LogP contribution in [0.4, 0.5) is 0 Å². The van der Waals surface area contributed by atoms with Crippen molar-refractivity contribution >= 4 is 16.0 Å². The zero-order valence-corrected chi connectivity index (χ0v) is 12.8. The van der Waals surface area contributed by atoms with Gasteiger partial charge in [-0.15, -0.1) is 0 Å². The quantitative estimate of drug-likeness (QED) is 0.522. The Morgan fingerprint density at radius 1 is 1.48 bits per heavy atom. The molecule has 0 aromatic carbocycles. The Morgan fingerprint density at radius 3 is 2.81 bits per heavy atom. The molecule has 120 valence electrons. The average molecular weight is 320 g/mol. The van der Waals surface area contributed by atoms with Crippen molar-refractivity contribution < 1.29 is 23.1 Å². The molecule has 0 bridgehead atoms. The van der Waals surface area contributed by atoms with Gasteiger partial charge >= 0.3 is 5.97 Å². The molecule has 1 aromatic heterocycles. The van der Waals surface area contributed by atoms with Gasteiger partial charge in [0, 0.05) is 19.3 Å². The number of nitrogens with one attached hydrogen (secondary N) is 1. The van der Waals surface area contributed by atoms with Gasteiger partial charge in [-0.05, 0) is 14.1 Å². The summed E-state index contributed by atoms with van der Waals surface area (Å²) in [4.78, 5) is 12.4. The highest BCUT2D eigenvalue weighted by Crippen LogP contribution is 2.06. The van der Waals surface area contributed by atoms with Crippen molar-refractivity contribution in [2.45, 2.75) is 11.4 Å². The highest BCUT2D eigenvalue weighted by molar-refractivity contribution is 7.89. The third-order valence-corrected chi connectivity index (χ3v) is 3.85. The molecule has 0 amide bonds. The van der Waals surface area contributed by atoms with Crippen LogP contribution < -0.4 is 4.72 Å². The van der Waals surface area contributed by atoms with Crippen LogP contribution in [0.2, 0.25) is 0 Å². The summed E-state index contributed by atoms with van der Waals surface area (Å²) in [5, 5.41) is 12.3. The lowest BCUT2D eigenvalue weighted by Crippen LogP contribution is -2.28. The smallest absolute Gasteiger partial charge is 0.325 e. The number of hydrogen-bond donors (Lipinski definition) is 2. The number of likely N-dealkylation sites (N-methyl/N-ethyl adjacent to an activating group) is 1. The molecule has 1 aromatic rings. The van der Waals surface area contributed by atoms with E-state index in [0.29, 0.717) is 6.61 Å². The van der Waals surface area contributed by atoms with E-state index in [9.17, 15) is 13.2 Å². The SMILES string of the molecule is CN(C)CCOCCNS(=O)(=O)c1cnn(CC(=O)O)c1. The largest absolute Gasteiger partial charge is 0.480 e. The second-order valence-electron chi connectivity index (χ2n) is 4.58. The van der Waals surface area contributed by atoms with E-state index in [-0.39, 0.29) is 24.6 Å². The number of hydrogen-bond acceptors (Lipinski definition) is 6. The lowest BCUT2D eigenvalue weighted by molar-refractivity contribution is -0.137. The fourth-order valence-corrected chi connectivity index (χ4v) is 2.35. The molecule has 0 unspecified atom stereocenters. The van der Waals surface area contributed by atoms with Crippen molar-refractivity contribution in [2.75, 3.05) is 40.4 Å². The monoisotopic (exact) mass is 320 g/mol. The standard InChI is InChI=1S/C11H20N4O5S/c1-14(2)4-6-20-5-3-13-21(18,19)10-7-12-15(8-10)9-11(16)17/h7-8,13H,3-6,9H2,1-2H3,(H,16,17). The van der Waals surface area contributed by atoms with Gasteiger partial charge < -0.3 is 14.7 Å². The first-order chi connectivity index (χ1) is 9.81. The van der Waals surface area contributed by atoms with Gasteiger partial charge in [-0.2, -0.15) is 5.10 Å². The Labute approximate surface area is 123 Å². The normalized spacial score (nSPS) is 12.0. The van der Waals surface area contributed by atoms with E-state index in [2.05, 4.69) is 9.82 Å². The van der Waals surface area contributed by atoms with Crippen LogP contribution in [0.1, 0.15) is 0 Å². The van der Waals surface area contributed by atoms with Crippen LogP contribution >= 0.6 is 0 Å². The van der Waals surface area contributed by atoms with E-state index >= 15 is 0 Å². The molecule has 0 saturated heterocycles. The number of nitrogens with zero attached hydrogens (tertiary/aromatic N) is 3. The topological polar surface area (TPSA) is 114 Å². The van der Waals surface area contributed by atoms with Gasteiger partial charge in [-0.3, -0.25) is 9.48 Å². The van der Waals surface area contributed by atoms with Gasteiger partial charge in [0.1, 0.15) is 11.4 Å². The fourth-order valence-electron chi connectivity index (χ4n) is 1.39. The minimum absolute atomic E-state index is 0.0722. The summed E-state index contributed by atoms with van der Waals surface area (Å²) >= 11 is 0. The van der Waals surface area contributed by atoms with Gasteiger partial charge in [0.2, 0.25) is 10.0 Å². The molecular weight excluding hydrogens is 300 g/mol. The van der Waals surface area contributed by atoms with Crippen molar-refractivity contribution in [3.63, 3.8) is 0 Å². The van der Waals surface area contributed by atoms with E-state index in [1.807, 2.05) is 19.0 Å². The van der Waals surface area contributed by atoms with Crippen LogP contribution in [0.5, 0.6) is 0 Å². The van der Waals surface area contributed by atoms with Gasteiger partial charge in [0.15, 0.2) is 0 Å². The second kappa shape index (κ2) is 8.08. The molecule has 0 spiro atoms. The number of sulfonamides is 1. The predicted octanol–water partition coefficient (Wildman–Crippen LogP) is -1.18. The second-order valence-corrected chi connectivity index (χ2v) is 6.35. The maximum atomic E-state index is 11.9. The van der Waals surface area contributed by atoms with Gasteiger partial charge in [0.05, 0.1) is 19.4 Å². The van der Waals surface area contributed by atoms with E-state index in [1.165, 1.54) is 6.20 Å². The molecule has 0 aliphatic heterocycles. The molecule has 0 aliphatic carbocycles. The van der Waals surface area contributed by atoms with E-state index < -0.39 is 16.0 Å². The number of carboxylic acids is 1. The Kier molecular flexibility index (Phi) is 6.75. The Bertz CT molecular complexity index is 555. The first kappa shape index (κ1) is 17.6. The molecule has 0 aliphatic rings. The molecule has 9 nitrogen and oxygen atoms in total. The van der Waals surface area contributed by atoms with E-state index in [0.717, 1.165) is 17.4 Å². The van der Waals surface area contributed by atoms with Crippen LogP contribution in [0, 0.1) is 0 Å². The summed E-state index contributed by atoms with van der Waals surface area (Å²) in [7, 11) is 0.140. The number of ether oxygens (including phenoxy) is 1. The lowest BCUT2D eigenvalue weighted by Gasteiger charge is -2.10. The minimum Gasteiger partial charge on any atom is -0.480 e. The summed E-state index contributed by atoms with van der Waals surface area (Å²) in [6.45, 7) is 1.29. The van der Waals surface area contributed by atoms with Crippen molar-refractivity contribution in [2.24, 2.45) is 0 Å². The maximum absolute atomic E-state index is 11.9. The molecule has 1 rings (SSSR count). The molecule has 1 heterocycles. The average Bonchev–Trinajstić information content (AvgIpc) is 2.81. The first-order valence-corrected chi connectivity index (χ1v) is 7.76. The highest BCUT2D eigenvalue weighted by Gasteiger charge is 2.16. The van der Waals surface area contributed by atoms with Crippen molar-refractivity contribution in [3.05, 3.63) is 12.4 Å². The van der Waals surface area contributed by atoms with Gasteiger partial charge in [-0.25, -0.2) is 13.1 Å². The third-order valence-electron chi connectivity index (χ3n) is 2.44. The van der Waals surface area contributed by atoms with Gasteiger partial charge in [0.25, 0.3) is 0 Å². The molecule has 2 N–H and O–H groups in total. The lowest BCUT2D eigenvalue weighted by atomic mass is 10.6. The maximum Gasteiger partial charge on any atom is 0.325 e. The van der Waals surface area contributed by atoms with Crippen LogP contribution in [0.3, 0.4) is 0 Å². The minimum atomic E-state index is -3.70. The van der Waals surface area contributed by atoms with Crippen LogP contribution in [0.25, 0.3) is 0 Å². The predicted molar refractivity (Wildman–Crippen MR) is 74.4 cm³/mol. The van der Waals surface area contributed by atoms with Gasteiger partial charge in [-0.1, -0.05) is 0 Å². The Morgan fingerprint density at radius 2 is 2.19 bits per heavy atom. The highest BCUT2D eigenvalue weighted by atomic mass is 32.2. The molecule has 0 atom stereocenters. The summed E-state index contributed by atoms with van der Waals surface area (Å²) in [6.07, 6.45) is 2.28. The number of aromatic nitrogens is 2. The van der Waals surface area contributed by atoms with Crippen LogP contribution in [-0.2, 0) is 26.1 Å². The Hall–Kier alpha value is -1.49. The molecular formula is C11H20N4O5S. The number of carbonyl (C=O) groups is 1. The summed E-state index contributed by atoms with van der Waals surface area (Å²) in [6, 6.07) is 0.